The van der Waals surface area contributed by atoms with Gasteiger partial charge in [-0.1, -0.05) is 27.7 Å². The molecule has 4 heteroatoms. The molecule has 1 fully saturated rings. The lowest BCUT2D eigenvalue weighted by Crippen LogP contribution is -2.44. The molecular weight excluding hydrogens is 266 g/mol. The van der Waals surface area contributed by atoms with Crippen LogP contribution in [-0.2, 0) is 14.2 Å². The van der Waals surface area contributed by atoms with E-state index in [9.17, 15) is 0 Å². The molecule has 0 heterocycles. The second kappa shape index (κ2) is 9.09. The zero-order valence-electron chi connectivity index (χ0n) is 14.7. The molecule has 0 radical (unpaired) electrons. The van der Waals surface area contributed by atoms with Crippen LogP contribution in [0.25, 0.3) is 0 Å². The molecular formula is C17H35NO3. The summed E-state index contributed by atoms with van der Waals surface area (Å²) in [5.74, 6) is 0. The minimum Gasteiger partial charge on any atom is -0.382 e. The van der Waals surface area contributed by atoms with Crippen LogP contribution in [0, 0.1) is 10.8 Å². The van der Waals surface area contributed by atoms with Crippen molar-refractivity contribution in [2.45, 2.75) is 53.0 Å². The molecule has 0 amide bonds. The molecule has 1 saturated carbocycles. The van der Waals surface area contributed by atoms with Crippen molar-refractivity contribution < 1.29 is 14.2 Å². The fourth-order valence-electron chi connectivity index (χ4n) is 3.79. The molecule has 0 spiro atoms. The molecule has 0 aromatic heterocycles. The Hall–Kier alpha value is -0.160. The SMILES string of the molecule is COCCOCCOCCNC1CC(C)(C)CC(C)(C)C1. The van der Waals surface area contributed by atoms with Gasteiger partial charge in [0, 0.05) is 19.7 Å². The third kappa shape index (κ3) is 8.77. The highest BCUT2D eigenvalue weighted by Gasteiger charge is 2.37. The average Bonchev–Trinajstić information content (AvgIpc) is 2.33. The third-order valence-corrected chi connectivity index (χ3v) is 4.04. The molecule has 1 rings (SSSR count). The zero-order chi connectivity index (χ0) is 15.8. The van der Waals surface area contributed by atoms with E-state index in [0.717, 1.165) is 13.2 Å². The molecule has 0 bridgehead atoms. The maximum atomic E-state index is 5.58. The Morgan fingerprint density at radius 3 is 1.95 bits per heavy atom. The van der Waals surface area contributed by atoms with Crippen LogP contribution in [0.3, 0.4) is 0 Å². The van der Waals surface area contributed by atoms with E-state index in [0.29, 0.717) is 43.3 Å². The first-order valence-corrected chi connectivity index (χ1v) is 8.22. The molecule has 0 aliphatic heterocycles. The first-order valence-electron chi connectivity index (χ1n) is 8.22. The second-order valence-corrected chi connectivity index (χ2v) is 7.78. The summed E-state index contributed by atoms with van der Waals surface area (Å²) in [4.78, 5) is 0. The number of ether oxygens (including phenoxy) is 3. The highest BCUT2D eigenvalue weighted by Crippen LogP contribution is 2.45. The fourth-order valence-corrected chi connectivity index (χ4v) is 3.79. The van der Waals surface area contributed by atoms with E-state index in [1.54, 1.807) is 7.11 Å². The molecule has 0 saturated heterocycles. The van der Waals surface area contributed by atoms with Gasteiger partial charge in [-0.25, -0.2) is 0 Å². The molecule has 0 aromatic carbocycles. The predicted molar refractivity (Wildman–Crippen MR) is 86.7 cm³/mol. The Kier molecular flexibility index (Phi) is 8.17. The standard InChI is InChI=1S/C17H35NO3/c1-16(2)12-15(13-17(3,4)14-16)18-6-7-20-10-11-21-9-8-19-5/h15,18H,6-14H2,1-5H3. The minimum atomic E-state index is 0.440. The molecule has 0 unspecified atom stereocenters. The van der Waals surface area contributed by atoms with Crippen LogP contribution in [0.1, 0.15) is 47.0 Å². The van der Waals surface area contributed by atoms with Gasteiger partial charge in [0.15, 0.2) is 0 Å². The summed E-state index contributed by atoms with van der Waals surface area (Å²) in [5.41, 5.74) is 0.880. The van der Waals surface area contributed by atoms with Crippen LogP contribution in [-0.4, -0.2) is 52.7 Å². The van der Waals surface area contributed by atoms with E-state index in [4.69, 9.17) is 14.2 Å². The van der Waals surface area contributed by atoms with Crippen LogP contribution in [0.5, 0.6) is 0 Å². The summed E-state index contributed by atoms with van der Waals surface area (Å²) < 4.78 is 15.8. The van der Waals surface area contributed by atoms with Gasteiger partial charge in [0.25, 0.3) is 0 Å². The molecule has 1 aliphatic rings. The monoisotopic (exact) mass is 301 g/mol. The molecule has 0 atom stereocenters. The summed E-state index contributed by atoms with van der Waals surface area (Å²) in [5, 5.41) is 3.66. The lowest BCUT2D eigenvalue weighted by Gasteiger charge is -2.45. The van der Waals surface area contributed by atoms with Gasteiger partial charge in [-0.15, -0.1) is 0 Å². The molecule has 21 heavy (non-hydrogen) atoms. The van der Waals surface area contributed by atoms with Gasteiger partial charge in [0.1, 0.15) is 0 Å². The van der Waals surface area contributed by atoms with Crippen molar-refractivity contribution in [3.05, 3.63) is 0 Å². The number of methoxy groups -OCH3 is 1. The average molecular weight is 301 g/mol. The zero-order valence-corrected chi connectivity index (χ0v) is 14.7. The van der Waals surface area contributed by atoms with Crippen molar-refractivity contribution in [2.75, 3.05) is 46.7 Å². The predicted octanol–water partition coefficient (Wildman–Crippen LogP) is 2.86. The summed E-state index contributed by atoms with van der Waals surface area (Å²) in [6.45, 7) is 13.8. The fraction of sp³-hybridized carbons (Fsp3) is 1.00. The molecule has 1 aliphatic carbocycles. The van der Waals surface area contributed by atoms with Gasteiger partial charge in [-0.2, -0.15) is 0 Å². The Labute approximate surface area is 130 Å². The van der Waals surface area contributed by atoms with Gasteiger partial charge in [0.2, 0.25) is 0 Å². The van der Waals surface area contributed by atoms with Crippen molar-refractivity contribution in [3.63, 3.8) is 0 Å². The largest absolute Gasteiger partial charge is 0.382 e. The number of hydrogen-bond donors (Lipinski definition) is 1. The first kappa shape index (κ1) is 18.9. The Morgan fingerprint density at radius 2 is 1.38 bits per heavy atom. The van der Waals surface area contributed by atoms with Crippen LogP contribution in [0.2, 0.25) is 0 Å². The van der Waals surface area contributed by atoms with Crippen molar-refractivity contribution in [1.29, 1.82) is 0 Å². The topological polar surface area (TPSA) is 39.7 Å². The summed E-state index contributed by atoms with van der Waals surface area (Å²) in [7, 11) is 1.68. The van der Waals surface area contributed by atoms with E-state index >= 15 is 0 Å². The van der Waals surface area contributed by atoms with Gasteiger partial charge >= 0.3 is 0 Å². The number of rotatable bonds is 10. The number of nitrogens with one attached hydrogen (secondary N) is 1. The second-order valence-electron chi connectivity index (χ2n) is 7.78. The van der Waals surface area contributed by atoms with E-state index in [1.807, 2.05) is 0 Å². The van der Waals surface area contributed by atoms with E-state index in [1.165, 1.54) is 19.3 Å². The van der Waals surface area contributed by atoms with E-state index < -0.39 is 0 Å². The lowest BCUT2D eigenvalue weighted by atomic mass is 9.63. The molecule has 0 aromatic rings. The molecule has 126 valence electrons. The van der Waals surface area contributed by atoms with Crippen molar-refractivity contribution in [3.8, 4) is 0 Å². The minimum absolute atomic E-state index is 0.440. The van der Waals surface area contributed by atoms with Crippen molar-refractivity contribution >= 4 is 0 Å². The normalized spacial score (nSPS) is 21.6. The highest BCUT2D eigenvalue weighted by molar-refractivity contribution is 4.92. The Balaban J connectivity index is 2.04. The van der Waals surface area contributed by atoms with E-state index in [-0.39, 0.29) is 0 Å². The van der Waals surface area contributed by atoms with E-state index in [2.05, 4.69) is 33.0 Å². The van der Waals surface area contributed by atoms with Gasteiger partial charge in [-0.3, -0.25) is 0 Å². The summed E-state index contributed by atoms with van der Waals surface area (Å²) in [6.07, 6.45) is 3.83. The lowest BCUT2D eigenvalue weighted by molar-refractivity contribution is 0.0233. The molecule has 4 nitrogen and oxygen atoms in total. The van der Waals surface area contributed by atoms with Crippen LogP contribution in [0.4, 0.5) is 0 Å². The van der Waals surface area contributed by atoms with Gasteiger partial charge in [0.05, 0.1) is 33.0 Å². The smallest absolute Gasteiger partial charge is 0.0701 e. The van der Waals surface area contributed by atoms with Crippen LogP contribution >= 0.6 is 0 Å². The summed E-state index contributed by atoms with van der Waals surface area (Å²) >= 11 is 0. The Morgan fingerprint density at radius 1 is 0.857 bits per heavy atom. The third-order valence-electron chi connectivity index (χ3n) is 4.04. The maximum Gasteiger partial charge on any atom is 0.0701 e. The van der Waals surface area contributed by atoms with Gasteiger partial charge in [-0.05, 0) is 30.1 Å². The highest BCUT2D eigenvalue weighted by atomic mass is 16.5. The van der Waals surface area contributed by atoms with Crippen LogP contribution < -0.4 is 5.32 Å². The Bertz CT molecular complexity index is 263. The first-order chi connectivity index (χ1) is 9.85. The van der Waals surface area contributed by atoms with Crippen molar-refractivity contribution in [1.82, 2.24) is 5.32 Å². The quantitative estimate of drug-likeness (QED) is 0.630. The summed E-state index contributed by atoms with van der Waals surface area (Å²) in [6, 6.07) is 0.616. The maximum absolute atomic E-state index is 5.58. The van der Waals surface area contributed by atoms with Gasteiger partial charge < -0.3 is 19.5 Å². The molecule has 1 N–H and O–H groups in total. The van der Waals surface area contributed by atoms with Crippen molar-refractivity contribution in [2.24, 2.45) is 10.8 Å². The van der Waals surface area contributed by atoms with Crippen LogP contribution in [0.15, 0.2) is 0 Å². The number of hydrogen-bond acceptors (Lipinski definition) is 4.